The quantitative estimate of drug-likeness (QED) is 0.787. The third-order valence-corrected chi connectivity index (χ3v) is 5.34. The van der Waals surface area contributed by atoms with Gasteiger partial charge < -0.3 is 14.4 Å². The van der Waals surface area contributed by atoms with Crippen LogP contribution in [0.1, 0.15) is 48.6 Å². The van der Waals surface area contributed by atoms with E-state index >= 15 is 0 Å². The molecule has 0 spiro atoms. The Morgan fingerprint density at radius 1 is 1.07 bits per heavy atom. The molecule has 0 bridgehead atoms. The van der Waals surface area contributed by atoms with Crippen LogP contribution in [0, 0.1) is 6.92 Å². The molecule has 2 aliphatic rings. The van der Waals surface area contributed by atoms with Gasteiger partial charge in [-0.25, -0.2) is 0 Å². The zero-order valence-corrected chi connectivity index (χ0v) is 16.7. The van der Waals surface area contributed by atoms with Crippen LogP contribution in [-0.4, -0.2) is 36.4 Å². The smallest absolute Gasteiger partial charge is 0.250 e. The molecule has 1 amide bonds. The van der Waals surface area contributed by atoms with Crippen LogP contribution in [-0.2, 0) is 11.2 Å². The van der Waals surface area contributed by atoms with Crippen molar-refractivity contribution < 1.29 is 14.3 Å². The molecular weight excluding hydrogens is 352 g/mol. The zero-order chi connectivity index (χ0) is 19.7. The third kappa shape index (κ3) is 3.37. The van der Waals surface area contributed by atoms with Crippen LogP contribution in [0.25, 0.3) is 0 Å². The summed E-state index contributed by atoms with van der Waals surface area (Å²) in [7, 11) is 0. The monoisotopic (exact) mass is 378 g/mol. The van der Waals surface area contributed by atoms with E-state index in [0.29, 0.717) is 19.6 Å². The number of carbonyl (C=O) groups is 1. The topological polar surface area (TPSA) is 51.1 Å². The fourth-order valence-corrected chi connectivity index (χ4v) is 4.05. The fraction of sp³-hybridized carbons (Fsp3) is 0.391. The zero-order valence-electron chi connectivity index (χ0n) is 16.7. The first-order valence-electron chi connectivity index (χ1n) is 9.98. The number of aliphatic imine (C=N–C) groups is 1. The second kappa shape index (κ2) is 7.66. The second-order valence-corrected chi connectivity index (χ2v) is 7.22. The molecule has 0 radical (unpaired) electrons. The maximum atomic E-state index is 12.5. The van der Waals surface area contributed by atoms with Gasteiger partial charge in [-0.05, 0) is 50.5 Å². The van der Waals surface area contributed by atoms with Crippen molar-refractivity contribution in [3.63, 3.8) is 0 Å². The SMILES string of the molecule is CCOc1cc2c(cc1OCC)C1CC(=O)N=C(c3ccc(C)cc3)N1CC2. The number of benzene rings is 2. The molecule has 4 rings (SSSR count). The number of ether oxygens (including phenoxy) is 2. The van der Waals surface area contributed by atoms with Crippen LogP contribution in [0.5, 0.6) is 11.5 Å². The lowest BCUT2D eigenvalue weighted by molar-refractivity contribution is -0.119. The van der Waals surface area contributed by atoms with E-state index in [0.717, 1.165) is 41.4 Å². The summed E-state index contributed by atoms with van der Waals surface area (Å²) < 4.78 is 11.6. The molecule has 0 saturated carbocycles. The van der Waals surface area contributed by atoms with Crippen LogP contribution < -0.4 is 9.47 Å². The van der Waals surface area contributed by atoms with Gasteiger partial charge in [-0.1, -0.05) is 29.8 Å². The lowest BCUT2D eigenvalue weighted by atomic mass is 9.88. The highest BCUT2D eigenvalue weighted by atomic mass is 16.5. The molecule has 0 aromatic heterocycles. The van der Waals surface area contributed by atoms with Gasteiger partial charge in [0, 0.05) is 12.1 Å². The highest BCUT2D eigenvalue weighted by Crippen LogP contribution is 2.41. The average Bonchev–Trinajstić information content (AvgIpc) is 2.69. The van der Waals surface area contributed by atoms with Crippen LogP contribution in [0.4, 0.5) is 0 Å². The van der Waals surface area contributed by atoms with E-state index in [9.17, 15) is 4.79 Å². The van der Waals surface area contributed by atoms with Crippen molar-refractivity contribution in [3.05, 3.63) is 58.7 Å². The molecular formula is C23H26N2O3. The Kier molecular flexibility index (Phi) is 5.07. The Morgan fingerprint density at radius 2 is 1.75 bits per heavy atom. The molecule has 5 heteroatoms. The first-order chi connectivity index (χ1) is 13.6. The standard InChI is InChI=1S/C23H26N2O3/c1-4-27-20-12-17-10-11-25-19(18(17)13-21(20)28-5-2)14-22(26)24-23(25)16-8-6-15(3)7-9-16/h6-9,12-13,19H,4-5,10-11,14H2,1-3H3. The Balaban J connectivity index is 1.75. The van der Waals surface area contributed by atoms with E-state index in [1.165, 1.54) is 11.1 Å². The number of hydrogen-bond donors (Lipinski definition) is 0. The molecule has 1 atom stereocenters. The van der Waals surface area contributed by atoms with Gasteiger partial charge in [-0.3, -0.25) is 4.79 Å². The maximum Gasteiger partial charge on any atom is 0.250 e. The minimum Gasteiger partial charge on any atom is -0.490 e. The Hall–Kier alpha value is -2.82. The molecule has 2 aromatic carbocycles. The number of fused-ring (bicyclic) bond motifs is 3. The second-order valence-electron chi connectivity index (χ2n) is 7.22. The average molecular weight is 378 g/mol. The van der Waals surface area contributed by atoms with Crippen LogP contribution >= 0.6 is 0 Å². The number of aryl methyl sites for hydroxylation is 1. The summed E-state index contributed by atoms with van der Waals surface area (Å²) in [5, 5.41) is 0. The van der Waals surface area contributed by atoms with Gasteiger partial charge in [0.25, 0.3) is 0 Å². The van der Waals surface area contributed by atoms with Crippen molar-refractivity contribution in [2.24, 2.45) is 4.99 Å². The molecule has 0 aliphatic carbocycles. The largest absolute Gasteiger partial charge is 0.490 e. The Morgan fingerprint density at radius 3 is 2.43 bits per heavy atom. The maximum absolute atomic E-state index is 12.5. The van der Waals surface area contributed by atoms with E-state index < -0.39 is 0 Å². The van der Waals surface area contributed by atoms with E-state index in [1.807, 2.05) is 26.0 Å². The summed E-state index contributed by atoms with van der Waals surface area (Å²) >= 11 is 0. The summed E-state index contributed by atoms with van der Waals surface area (Å²) in [6.07, 6.45) is 1.28. The van der Waals surface area contributed by atoms with Crippen LogP contribution in [0.15, 0.2) is 41.4 Å². The van der Waals surface area contributed by atoms with Gasteiger partial charge in [0.2, 0.25) is 5.91 Å². The number of amides is 1. The van der Waals surface area contributed by atoms with E-state index in [-0.39, 0.29) is 11.9 Å². The molecule has 0 saturated heterocycles. The van der Waals surface area contributed by atoms with E-state index in [1.54, 1.807) is 0 Å². The molecule has 0 N–H and O–H groups in total. The molecule has 0 fully saturated rings. The summed E-state index contributed by atoms with van der Waals surface area (Å²) in [6, 6.07) is 12.3. The van der Waals surface area contributed by atoms with Crippen molar-refractivity contribution in [3.8, 4) is 11.5 Å². The van der Waals surface area contributed by atoms with Gasteiger partial charge in [0.1, 0.15) is 5.84 Å². The van der Waals surface area contributed by atoms with Crippen molar-refractivity contribution in [1.29, 1.82) is 0 Å². The highest BCUT2D eigenvalue weighted by Gasteiger charge is 2.36. The van der Waals surface area contributed by atoms with Crippen LogP contribution in [0.2, 0.25) is 0 Å². The van der Waals surface area contributed by atoms with Crippen molar-refractivity contribution in [2.45, 2.75) is 39.7 Å². The minimum atomic E-state index is -0.0727. The van der Waals surface area contributed by atoms with Gasteiger partial charge in [-0.2, -0.15) is 4.99 Å². The summed E-state index contributed by atoms with van der Waals surface area (Å²) in [5.41, 5.74) is 4.55. The molecule has 28 heavy (non-hydrogen) atoms. The molecule has 2 aromatic rings. The summed E-state index contributed by atoms with van der Waals surface area (Å²) in [5.74, 6) is 2.23. The predicted molar refractivity (Wildman–Crippen MR) is 109 cm³/mol. The van der Waals surface area contributed by atoms with E-state index in [2.05, 4.69) is 41.1 Å². The van der Waals surface area contributed by atoms with Crippen molar-refractivity contribution >= 4 is 11.7 Å². The van der Waals surface area contributed by atoms with Gasteiger partial charge in [0.15, 0.2) is 11.5 Å². The fourth-order valence-electron chi connectivity index (χ4n) is 4.05. The van der Waals surface area contributed by atoms with E-state index in [4.69, 9.17) is 9.47 Å². The van der Waals surface area contributed by atoms with Crippen molar-refractivity contribution in [2.75, 3.05) is 19.8 Å². The first kappa shape index (κ1) is 18.5. The van der Waals surface area contributed by atoms with Crippen LogP contribution in [0.3, 0.4) is 0 Å². The Bertz CT molecular complexity index is 918. The van der Waals surface area contributed by atoms with Gasteiger partial charge in [-0.15, -0.1) is 0 Å². The lowest BCUT2D eigenvalue weighted by Crippen LogP contribution is -2.44. The van der Waals surface area contributed by atoms with Crippen molar-refractivity contribution in [1.82, 2.24) is 4.90 Å². The molecule has 5 nitrogen and oxygen atoms in total. The molecule has 146 valence electrons. The lowest BCUT2D eigenvalue weighted by Gasteiger charge is -2.41. The predicted octanol–water partition coefficient (Wildman–Crippen LogP) is 4.07. The molecule has 2 aliphatic heterocycles. The number of carbonyl (C=O) groups excluding carboxylic acids is 1. The molecule has 1 unspecified atom stereocenters. The third-order valence-electron chi connectivity index (χ3n) is 5.34. The first-order valence-corrected chi connectivity index (χ1v) is 9.98. The Labute approximate surface area is 166 Å². The minimum absolute atomic E-state index is 0.0139. The molecule has 2 heterocycles. The summed E-state index contributed by atoms with van der Waals surface area (Å²) in [4.78, 5) is 19.1. The summed E-state index contributed by atoms with van der Waals surface area (Å²) in [6.45, 7) is 7.99. The van der Waals surface area contributed by atoms with Gasteiger partial charge >= 0.3 is 0 Å². The number of rotatable bonds is 5. The number of amidine groups is 1. The normalized spacial score (nSPS) is 18.2. The highest BCUT2D eigenvalue weighted by molar-refractivity contribution is 6.07. The van der Waals surface area contributed by atoms with Gasteiger partial charge in [0.05, 0.1) is 25.7 Å². The number of hydrogen-bond acceptors (Lipinski definition) is 4. The number of nitrogens with zero attached hydrogens (tertiary/aromatic N) is 2.